The number of carbonyl (C=O) groups is 2. The fourth-order valence-corrected chi connectivity index (χ4v) is 4.88. The van der Waals surface area contributed by atoms with E-state index in [2.05, 4.69) is 11.1 Å². The maximum Gasteiger partial charge on any atom is 0.240 e. The van der Waals surface area contributed by atoms with Crippen molar-refractivity contribution in [2.45, 2.75) is 31.8 Å². The number of para-hydroxylation sites is 1. The Hall–Kier alpha value is -4.06. The van der Waals surface area contributed by atoms with Gasteiger partial charge in [-0.05, 0) is 59.0 Å². The highest BCUT2D eigenvalue weighted by Crippen LogP contribution is 2.33. The first-order valence-electron chi connectivity index (χ1n) is 11.4. The van der Waals surface area contributed by atoms with Gasteiger partial charge in [0.2, 0.25) is 11.8 Å². The van der Waals surface area contributed by atoms with Crippen LogP contribution in [0, 0.1) is 0 Å². The molecule has 6 nitrogen and oxygen atoms in total. The number of rotatable bonds is 6. The third-order valence-corrected chi connectivity index (χ3v) is 6.68. The van der Waals surface area contributed by atoms with Crippen LogP contribution in [-0.4, -0.2) is 34.8 Å². The topological polar surface area (TPSA) is 88.4 Å². The molecule has 0 spiro atoms. The summed E-state index contributed by atoms with van der Waals surface area (Å²) in [6.45, 7) is 0.405. The van der Waals surface area contributed by atoms with Crippen LogP contribution in [0.4, 0.5) is 0 Å². The number of aromatic amines is 1. The molecule has 3 N–H and O–H groups in total. The van der Waals surface area contributed by atoms with Crippen LogP contribution < -0.4 is 10.5 Å². The van der Waals surface area contributed by atoms with Gasteiger partial charge in [0, 0.05) is 36.0 Å². The molecule has 1 aliphatic rings. The number of carbonyl (C=O) groups excluding carboxylic acids is 2. The van der Waals surface area contributed by atoms with Gasteiger partial charge in [0.05, 0.1) is 7.11 Å². The molecular formula is C28H27N3O3. The number of nitrogens with two attached hydrogens (primary N) is 1. The average molecular weight is 454 g/mol. The van der Waals surface area contributed by atoms with Crippen molar-refractivity contribution >= 4 is 22.7 Å². The first-order valence-corrected chi connectivity index (χ1v) is 11.4. The second-order valence-corrected chi connectivity index (χ2v) is 8.67. The molecule has 0 unspecified atom stereocenters. The van der Waals surface area contributed by atoms with E-state index in [9.17, 15) is 9.59 Å². The molecule has 0 fully saturated rings. The largest absolute Gasteiger partial charge is 0.497 e. The molecular weight excluding hydrogens is 426 g/mol. The summed E-state index contributed by atoms with van der Waals surface area (Å²) >= 11 is 0. The van der Waals surface area contributed by atoms with Crippen LogP contribution in [0.15, 0.2) is 72.8 Å². The molecule has 0 bridgehead atoms. The zero-order chi connectivity index (χ0) is 23.7. The van der Waals surface area contributed by atoms with E-state index >= 15 is 0 Å². The Bertz CT molecular complexity index is 1360. The van der Waals surface area contributed by atoms with Gasteiger partial charge < -0.3 is 20.4 Å². The van der Waals surface area contributed by atoms with Crippen molar-refractivity contribution in [3.8, 4) is 17.0 Å². The summed E-state index contributed by atoms with van der Waals surface area (Å²) in [6, 6.07) is 23.3. The number of ether oxygens (including phenoxy) is 1. The first kappa shape index (κ1) is 21.8. The molecule has 6 heteroatoms. The highest BCUT2D eigenvalue weighted by Gasteiger charge is 2.33. The molecule has 4 aromatic rings. The second kappa shape index (κ2) is 9.06. The highest BCUT2D eigenvalue weighted by molar-refractivity contribution is 5.92. The van der Waals surface area contributed by atoms with Gasteiger partial charge in [0.1, 0.15) is 11.8 Å². The first-order chi connectivity index (χ1) is 16.5. The van der Waals surface area contributed by atoms with E-state index in [0.29, 0.717) is 19.4 Å². The van der Waals surface area contributed by atoms with Crippen molar-refractivity contribution in [1.29, 1.82) is 0 Å². The van der Waals surface area contributed by atoms with E-state index < -0.39 is 11.9 Å². The second-order valence-electron chi connectivity index (χ2n) is 8.67. The monoisotopic (exact) mass is 453 g/mol. The fraction of sp³-hybridized carbons (Fsp3) is 0.214. The lowest BCUT2D eigenvalue weighted by atomic mass is 9.93. The van der Waals surface area contributed by atoms with Crippen LogP contribution in [0.25, 0.3) is 22.2 Å². The van der Waals surface area contributed by atoms with Crippen LogP contribution in [0.5, 0.6) is 5.75 Å². The van der Waals surface area contributed by atoms with Gasteiger partial charge in [-0.25, -0.2) is 0 Å². The molecule has 2 amide bonds. The Morgan fingerprint density at radius 3 is 2.44 bits per heavy atom. The van der Waals surface area contributed by atoms with Crippen molar-refractivity contribution in [2.24, 2.45) is 5.73 Å². The third kappa shape index (κ3) is 4.03. The number of amides is 2. The minimum Gasteiger partial charge on any atom is -0.497 e. The van der Waals surface area contributed by atoms with E-state index in [1.165, 1.54) is 0 Å². The maximum absolute atomic E-state index is 13.4. The molecule has 2 heterocycles. The van der Waals surface area contributed by atoms with Crippen molar-refractivity contribution in [3.05, 3.63) is 89.5 Å². The molecule has 3 aromatic carbocycles. The van der Waals surface area contributed by atoms with Crippen LogP contribution >= 0.6 is 0 Å². The minimum absolute atomic E-state index is 0.0655. The molecule has 1 aromatic heterocycles. The summed E-state index contributed by atoms with van der Waals surface area (Å²) in [5, 5.41) is 1.09. The summed E-state index contributed by atoms with van der Waals surface area (Å²) in [4.78, 5) is 30.7. The molecule has 1 atom stereocenters. The van der Waals surface area contributed by atoms with Gasteiger partial charge in [-0.15, -0.1) is 0 Å². The van der Waals surface area contributed by atoms with E-state index in [1.807, 2.05) is 66.7 Å². The van der Waals surface area contributed by atoms with Crippen LogP contribution in [-0.2, 0) is 29.0 Å². The number of fused-ring (bicyclic) bond motifs is 2. The van der Waals surface area contributed by atoms with Crippen molar-refractivity contribution in [3.63, 3.8) is 0 Å². The van der Waals surface area contributed by atoms with Gasteiger partial charge in [-0.3, -0.25) is 9.59 Å². The van der Waals surface area contributed by atoms with Crippen molar-refractivity contribution in [1.82, 2.24) is 9.88 Å². The quantitative estimate of drug-likeness (QED) is 0.458. The Morgan fingerprint density at radius 2 is 1.71 bits per heavy atom. The van der Waals surface area contributed by atoms with Crippen LogP contribution in [0.2, 0.25) is 0 Å². The summed E-state index contributed by atoms with van der Waals surface area (Å²) in [7, 11) is 1.65. The SMILES string of the molecule is COc1ccc(-c2[nH]c3ccccc3c2CCC(=O)N2Cc3ccccc3C[C@H]2C(N)=O)cc1. The van der Waals surface area contributed by atoms with Gasteiger partial charge in [0.15, 0.2) is 0 Å². The molecule has 0 radical (unpaired) electrons. The zero-order valence-electron chi connectivity index (χ0n) is 19.1. The number of benzene rings is 3. The summed E-state index contributed by atoms with van der Waals surface area (Å²) in [5.41, 5.74) is 12.0. The van der Waals surface area contributed by atoms with Gasteiger partial charge in [-0.1, -0.05) is 42.5 Å². The lowest BCUT2D eigenvalue weighted by Gasteiger charge is -2.35. The molecule has 5 rings (SSSR count). The predicted octanol–water partition coefficient (Wildman–Crippen LogP) is 4.21. The average Bonchev–Trinajstić information content (AvgIpc) is 3.25. The maximum atomic E-state index is 13.4. The fourth-order valence-electron chi connectivity index (χ4n) is 4.88. The van der Waals surface area contributed by atoms with E-state index in [1.54, 1.807) is 12.0 Å². The summed E-state index contributed by atoms with van der Waals surface area (Å²) < 4.78 is 5.30. The number of nitrogens with one attached hydrogen (secondary N) is 1. The minimum atomic E-state index is -0.619. The molecule has 34 heavy (non-hydrogen) atoms. The van der Waals surface area contributed by atoms with Crippen molar-refractivity contribution in [2.75, 3.05) is 7.11 Å². The Morgan fingerprint density at radius 1 is 1.00 bits per heavy atom. The number of aromatic nitrogens is 1. The molecule has 1 aliphatic heterocycles. The Kier molecular flexibility index (Phi) is 5.80. The Labute approximate surface area is 198 Å². The third-order valence-electron chi connectivity index (χ3n) is 6.68. The number of hydrogen-bond donors (Lipinski definition) is 2. The zero-order valence-corrected chi connectivity index (χ0v) is 19.1. The molecule has 172 valence electrons. The number of aryl methyl sites for hydroxylation is 1. The number of nitrogens with zero attached hydrogens (tertiary/aromatic N) is 1. The van der Waals surface area contributed by atoms with Gasteiger partial charge >= 0.3 is 0 Å². The lowest BCUT2D eigenvalue weighted by molar-refractivity contribution is -0.140. The summed E-state index contributed by atoms with van der Waals surface area (Å²) in [6.07, 6.45) is 1.30. The standard InChI is InChI=1S/C28H27N3O3/c1-34-21-12-10-18(11-13-21)27-23(22-8-4-5-9-24(22)30-27)14-15-26(32)31-17-20-7-3-2-6-19(20)16-25(31)28(29)33/h2-13,25,30H,14-17H2,1H3,(H2,29,33)/t25-/m0/s1. The van der Waals surface area contributed by atoms with E-state index in [-0.39, 0.29) is 12.3 Å². The molecule has 0 saturated heterocycles. The predicted molar refractivity (Wildman–Crippen MR) is 132 cm³/mol. The number of hydrogen-bond acceptors (Lipinski definition) is 3. The summed E-state index contributed by atoms with van der Waals surface area (Å²) in [5.74, 6) is 0.262. The highest BCUT2D eigenvalue weighted by atomic mass is 16.5. The lowest BCUT2D eigenvalue weighted by Crippen LogP contribution is -2.51. The normalized spacial score (nSPS) is 15.2. The van der Waals surface area contributed by atoms with E-state index in [0.717, 1.165) is 44.6 Å². The smallest absolute Gasteiger partial charge is 0.240 e. The Balaban J connectivity index is 1.43. The van der Waals surface area contributed by atoms with E-state index in [4.69, 9.17) is 10.5 Å². The van der Waals surface area contributed by atoms with Gasteiger partial charge in [0.25, 0.3) is 0 Å². The van der Waals surface area contributed by atoms with Crippen LogP contribution in [0.1, 0.15) is 23.1 Å². The number of methoxy groups -OCH3 is 1. The van der Waals surface area contributed by atoms with Crippen molar-refractivity contribution < 1.29 is 14.3 Å². The molecule has 0 saturated carbocycles. The number of H-pyrrole nitrogens is 1. The van der Waals surface area contributed by atoms with Gasteiger partial charge in [-0.2, -0.15) is 0 Å². The number of primary amides is 1. The molecule has 0 aliphatic carbocycles. The van der Waals surface area contributed by atoms with Crippen LogP contribution in [0.3, 0.4) is 0 Å².